The van der Waals surface area contributed by atoms with E-state index in [0.717, 1.165) is 25.7 Å². The molecule has 0 fully saturated rings. The highest BCUT2D eigenvalue weighted by atomic mass is 19.2. The molecule has 0 amide bonds. The van der Waals surface area contributed by atoms with Crippen molar-refractivity contribution in [2.45, 2.75) is 45.1 Å². The minimum Gasteiger partial charge on any atom is -0.386 e. The smallest absolute Gasteiger partial charge is 0.156 e. The highest BCUT2D eigenvalue weighted by Crippen LogP contribution is 2.12. The highest BCUT2D eigenvalue weighted by Gasteiger charge is 2.09. The van der Waals surface area contributed by atoms with Gasteiger partial charge in [-0.05, 0) is 6.42 Å². The van der Waals surface area contributed by atoms with Crippen molar-refractivity contribution in [1.29, 1.82) is 0 Å². The zero-order chi connectivity index (χ0) is 9.40. The van der Waals surface area contributed by atoms with Crippen LogP contribution in [0.15, 0.2) is 12.2 Å². The summed E-state index contributed by atoms with van der Waals surface area (Å²) in [6.45, 7) is 2.07. The van der Waals surface area contributed by atoms with Crippen molar-refractivity contribution in [3.8, 4) is 0 Å². The van der Waals surface area contributed by atoms with Crippen LogP contribution in [0.25, 0.3) is 0 Å². The Balaban J connectivity index is 3.37. The molecular formula is C9H16F2O. The van der Waals surface area contributed by atoms with Gasteiger partial charge in [0.2, 0.25) is 0 Å². The average molecular weight is 178 g/mol. The molecule has 0 heterocycles. The second-order valence-electron chi connectivity index (χ2n) is 2.86. The van der Waals surface area contributed by atoms with Gasteiger partial charge in [0, 0.05) is 0 Å². The van der Waals surface area contributed by atoms with E-state index in [1.54, 1.807) is 0 Å². The fourth-order valence-electron chi connectivity index (χ4n) is 0.975. The van der Waals surface area contributed by atoms with Crippen molar-refractivity contribution >= 4 is 0 Å². The number of hydrogen-bond acceptors (Lipinski definition) is 1. The summed E-state index contributed by atoms with van der Waals surface area (Å²) in [7, 11) is 0. The summed E-state index contributed by atoms with van der Waals surface area (Å²) in [5.41, 5.74) is 0. The topological polar surface area (TPSA) is 20.2 Å². The fraction of sp³-hybridized carbons (Fsp3) is 0.778. The molecular weight excluding hydrogens is 162 g/mol. The molecule has 0 aromatic rings. The van der Waals surface area contributed by atoms with E-state index in [9.17, 15) is 8.78 Å². The van der Waals surface area contributed by atoms with Gasteiger partial charge in [-0.15, -0.1) is 0 Å². The van der Waals surface area contributed by atoms with Gasteiger partial charge in [0.25, 0.3) is 0 Å². The van der Waals surface area contributed by atoms with Gasteiger partial charge < -0.3 is 5.11 Å². The van der Waals surface area contributed by atoms with Gasteiger partial charge in [-0.1, -0.05) is 32.6 Å². The molecule has 3 heteroatoms. The quantitative estimate of drug-likeness (QED) is 0.619. The third-order valence-electron chi connectivity index (χ3n) is 1.75. The maximum absolute atomic E-state index is 12.3. The maximum atomic E-state index is 12.3. The maximum Gasteiger partial charge on any atom is 0.156 e. The third kappa shape index (κ3) is 5.24. The van der Waals surface area contributed by atoms with Gasteiger partial charge in [-0.3, -0.25) is 0 Å². The zero-order valence-electron chi connectivity index (χ0n) is 7.39. The van der Waals surface area contributed by atoms with E-state index in [4.69, 9.17) is 5.11 Å². The molecule has 0 aromatic carbocycles. The first-order valence-electron chi connectivity index (χ1n) is 4.36. The Bertz CT molecular complexity index is 134. The van der Waals surface area contributed by atoms with Crippen LogP contribution >= 0.6 is 0 Å². The van der Waals surface area contributed by atoms with Gasteiger partial charge in [0.1, 0.15) is 12.4 Å². The number of hydrogen-bond donors (Lipinski definition) is 1. The molecule has 1 atom stereocenters. The van der Waals surface area contributed by atoms with Crippen LogP contribution in [0.2, 0.25) is 0 Å². The first-order valence-corrected chi connectivity index (χ1v) is 4.36. The molecule has 0 aliphatic rings. The van der Waals surface area contributed by atoms with E-state index in [-0.39, 0.29) is 6.33 Å². The molecule has 1 nitrogen and oxygen atoms in total. The second-order valence-corrected chi connectivity index (χ2v) is 2.86. The van der Waals surface area contributed by atoms with Crippen LogP contribution in [0.4, 0.5) is 8.78 Å². The molecule has 0 saturated carbocycles. The first kappa shape index (κ1) is 11.6. The van der Waals surface area contributed by atoms with E-state index >= 15 is 0 Å². The molecule has 0 saturated heterocycles. The normalized spacial score (nSPS) is 14.8. The Hall–Kier alpha value is -0.440. The molecule has 0 rings (SSSR count). The number of aliphatic hydroxyl groups is 1. The number of aliphatic hydroxyl groups excluding tert-OH is 1. The van der Waals surface area contributed by atoms with Gasteiger partial charge >= 0.3 is 0 Å². The SMILES string of the molecule is CCCCCCC(O)/C(F)=C/F. The van der Waals surface area contributed by atoms with Crippen LogP contribution < -0.4 is 0 Å². The van der Waals surface area contributed by atoms with Crippen LogP contribution in [0, 0.1) is 0 Å². The van der Waals surface area contributed by atoms with Gasteiger partial charge in [0.05, 0.1) is 0 Å². The van der Waals surface area contributed by atoms with Crippen LogP contribution in [-0.4, -0.2) is 11.2 Å². The lowest BCUT2D eigenvalue weighted by atomic mass is 10.1. The van der Waals surface area contributed by atoms with Crippen LogP contribution in [0.1, 0.15) is 39.0 Å². The molecule has 0 spiro atoms. The second kappa shape index (κ2) is 7.22. The Labute approximate surface area is 72.1 Å². The molecule has 1 N–H and O–H groups in total. The van der Waals surface area contributed by atoms with Crippen LogP contribution in [-0.2, 0) is 0 Å². The van der Waals surface area contributed by atoms with Crippen molar-refractivity contribution in [1.82, 2.24) is 0 Å². The summed E-state index contributed by atoms with van der Waals surface area (Å²) in [4.78, 5) is 0. The van der Waals surface area contributed by atoms with Gasteiger partial charge in [-0.25, -0.2) is 8.78 Å². The van der Waals surface area contributed by atoms with E-state index in [0.29, 0.717) is 6.42 Å². The zero-order valence-corrected chi connectivity index (χ0v) is 7.39. The first-order chi connectivity index (χ1) is 5.72. The minimum atomic E-state index is -1.24. The van der Waals surface area contributed by atoms with Gasteiger partial charge in [0.15, 0.2) is 5.83 Å². The van der Waals surface area contributed by atoms with Crippen molar-refractivity contribution in [2.75, 3.05) is 0 Å². The molecule has 0 aromatic heterocycles. The largest absolute Gasteiger partial charge is 0.386 e. The average Bonchev–Trinajstić information content (AvgIpc) is 2.10. The number of rotatable bonds is 6. The summed E-state index contributed by atoms with van der Waals surface area (Å²) in [5.74, 6) is -1.06. The lowest BCUT2D eigenvalue weighted by Crippen LogP contribution is -2.06. The predicted molar refractivity (Wildman–Crippen MR) is 45.1 cm³/mol. The standard InChI is InChI=1S/C9H16F2O/c1-2-3-4-5-6-9(12)8(11)7-10/h7,9,12H,2-6H2,1H3/b8-7-. The fourth-order valence-corrected chi connectivity index (χ4v) is 0.975. The monoisotopic (exact) mass is 178 g/mol. The van der Waals surface area contributed by atoms with Crippen LogP contribution in [0.5, 0.6) is 0 Å². The van der Waals surface area contributed by atoms with Crippen LogP contribution in [0.3, 0.4) is 0 Å². The van der Waals surface area contributed by atoms with Crippen molar-refractivity contribution in [3.05, 3.63) is 12.2 Å². The van der Waals surface area contributed by atoms with E-state index < -0.39 is 11.9 Å². The summed E-state index contributed by atoms with van der Waals surface area (Å²) in [6, 6.07) is 0. The van der Waals surface area contributed by atoms with E-state index in [1.165, 1.54) is 0 Å². The molecule has 0 radical (unpaired) electrons. The Morgan fingerprint density at radius 2 is 2.08 bits per heavy atom. The lowest BCUT2D eigenvalue weighted by Gasteiger charge is -2.05. The molecule has 12 heavy (non-hydrogen) atoms. The summed E-state index contributed by atoms with van der Waals surface area (Å²) in [5, 5.41) is 8.93. The van der Waals surface area contributed by atoms with Crippen molar-refractivity contribution < 1.29 is 13.9 Å². The van der Waals surface area contributed by atoms with E-state index in [2.05, 4.69) is 6.92 Å². The molecule has 72 valence electrons. The van der Waals surface area contributed by atoms with Crippen molar-refractivity contribution in [2.24, 2.45) is 0 Å². The van der Waals surface area contributed by atoms with Crippen molar-refractivity contribution in [3.63, 3.8) is 0 Å². The molecule has 1 unspecified atom stereocenters. The Morgan fingerprint density at radius 1 is 1.42 bits per heavy atom. The Morgan fingerprint density at radius 3 is 2.58 bits per heavy atom. The lowest BCUT2D eigenvalue weighted by molar-refractivity contribution is 0.166. The molecule has 0 aliphatic heterocycles. The predicted octanol–water partition coefficient (Wildman–Crippen LogP) is 3.10. The van der Waals surface area contributed by atoms with E-state index in [1.807, 2.05) is 0 Å². The number of halogens is 2. The molecule has 0 bridgehead atoms. The summed E-state index contributed by atoms with van der Waals surface area (Å²) >= 11 is 0. The number of unbranched alkanes of at least 4 members (excludes halogenated alkanes) is 3. The third-order valence-corrected chi connectivity index (χ3v) is 1.75. The minimum absolute atomic E-state index is 0.176. The van der Waals surface area contributed by atoms with Gasteiger partial charge in [-0.2, -0.15) is 0 Å². The Kier molecular flexibility index (Phi) is 6.96. The summed E-state index contributed by atoms with van der Waals surface area (Å²) < 4.78 is 23.8. The molecule has 0 aliphatic carbocycles. The highest BCUT2D eigenvalue weighted by molar-refractivity contribution is 4.92. The summed E-state index contributed by atoms with van der Waals surface area (Å²) in [6.07, 6.45) is 2.78.